The molecule has 0 spiro atoms. The Morgan fingerprint density at radius 2 is 2.45 bits per heavy atom. The molecule has 0 saturated heterocycles. The predicted molar refractivity (Wildman–Crippen MR) is 33.7 cm³/mol. The Bertz CT molecular complexity index is 233. The summed E-state index contributed by atoms with van der Waals surface area (Å²) in [5, 5.41) is 24.0. The number of hydrogen-bond acceptors (Lipinski definition) is 4. The van der Waals surface area contributed by atoms with Crippen LogP contribution in [0.25, 0.3) is 0 Å². The van der Waals surface area contributed by atoms with Crippen LogP contribution in [-0.2, 0) is 11.3 Å². The minimum atomic E-state index is -1.42. The Kier molecular flexibility index (Phi) is 2.17. The van der Waals surface area contributed by atoms with Gasteiger partial charge in [0.1, 0.15) is 0 Å². The highest BCUT2D eigenvalue weighted by Crippen LogP contribution is 1.88. The van der Waals surface area contributed by atoms with Gasteiger partial charge in [0.25, 0.3) is 0 Å². The maximum Gasteiger partial charge on any atom is 0.334 e. The number of nitrogens with zero attached hydrogens (tertiary/aromatic N) is 3. The lowest BCUT2D eigenvalue weighted by Crippen LogP contribution is -2.25. The highest BCUT2D eigenvalue weighted by atomic mass is 16.4. The Morgan fingerprint density at radius 1 is 1.73 bits per heavy atom. The summed E-state index contributed by atoms with van der Waals surface area (Å²) >= 11 is 0. The van der Waals surface area contributed by atoms with Crippen LogP contribution < -0.4 is 0 Å². The van der Waals surface area contributed by atoms with Gasteiger partial charge in [0, 0.05) is 6.20 Å². The zero-order chi connectivity index (χ0) is 8.27. The van der Waals surface area contributed by atoms with Crippen molar-refractivity contribution in [1.82, 2.24) is 15.0 Å². The summed E-state index contributed by atoms with van der Waals surface area (Å²) < 4.78 is 1.25. The minimum Gasteiger partial charge on any atom is -0.479 e. The van der Waals surface area contributed by atoms with Crippen LogP contribution in [0.2, 0.25) is 0 Å². The molecular formula is C5H7N3O3. The molecule has 1 heterocycles. The van der Waals surface area contributed by atoms with E-state index in [1.165, 1.54) is 17.1 Å². The van der Waals surface area contributed by atoms with Gasteiger partial charge in [0.15, 0.2) is 6.10 Å². The highest BCUT2D eigenvalue weighted by molar-refractivity contribution is 5.71. The third-order valence-corrected chi connectivity index (χ3v) is 1.12. The number of aliphatic carboxylic acids is 1. The molecule has 11 heavy (non-hydrogen) atoms. The van der Waals surface area contributed by atoms with Crippen molar-refractivity contribution in [2.45, 2.75) is 12.6 Å². The minimum absolute atomic E-state index is 0.0741. The molecule has 1 rings (SSSR count). The molecule has 0 saturated carbocycles. The van der Waals surface area contributed by atoms with Gasteiger partial charge in [-0.05, 0) is 0 Å². The topological polar surface area (TPSA) is 88.2 Å². The molecule has 1 aromatic rings. The highest BCUT2D eigenvalue weighted by Gasteiger charge is 2.13. The van der Waals surface area contributed by atoms with Crippen LogP contribution in [0.4, 0.5) is 0 Å². The lowest BCUT2D eigenvalue weighted by Gasteiger charge is -2.02. The SMILES string of the molecule is O=C(O)C(O)Cn1ccnn1. The van der Waals surface area contributed by atoms with E-state index in [1.54, 1.807) is 0 Å². The second-order valence-electron chi connectivity index (χ2n) is 1.98. The summed E-state index contributed by atoms with van der Waals surface area (Å²) in [6, 6.07) is 0. The van der Waals surface area contributed by atoms with Crippen molar-refractivity contribution < 1.29 is 15.0 Å². The molecule has 0 bridgehead atoms. The van der Waals surface area contributed by atoms with E-state index in [9.17, 15) is 4.79 Å². The number of rotatable bonds is 3. The van der Waals surface area contributed by atoms with Gasteiger partial charge in [0.2, 0.25) is 0 Å². The molecular weight excluding hydrogens is 150 g/mol. The van der Waals surface area contributed by atoms with Crippen molar-refractivity contribution in [3.8, 4) is 0 Å². The van der Waals surface area contributed by atoms with E-state index in [0.717, 1.165) is 0 Å². The Hall–Kier alpha value is -1.43. The third-order valence-electron chi connectivity index (χ3n) is 1.12. The molecule has 6 nitrogen and oxygen atoms in total. The molecule has 0 aliphatic heterocycles. The van der Waals surface area contributed by atoms with Gasteiger partial charge < -0.3 is 10.2 Å². The van der Waals surface area contributed by atoms with E-state index >= 15 is 0 Å². The van der Waals surface area contributed by atoms with Crippen LogP contribution in [0.5, 0.6) is 0 Å². The zero-order valence-electron chi connectivity index (χ0n) is 5.58. The molecule has 0 radical (unpaired) electrons. The van der Waals surface area contributed by atoms with Crippen molar-refractivity contribution in [2.24, 2.45) is 0 Å². The smallest absolute Gasteiger partial charge is 0.334 e. The van der Waals surface area contributed by atoms with Gasteiger partial charge in [-0.25, -0.2) is 9.48 Å². The fraction of sp³-hybridized carbons (Fsp3) is 0.400. The Labute approximate surface area is 62.1 Å². The lowest BCUT2D eigenvalue weighted by molar-refractivity contribution is -0.147. The number of aromatic nitrogens is 3. The monoisotopic (exact) mass is 157 g/mol. The van der Waals surface area contributed by atoms with Crippen molar-refractivity contribution >= 4 is 5.97 Å². The largest absolute Gasteiger partial charge is 0.479 e. The van der Waals surface area contributed by atoms with Crippen LogP contribution in [-0.4, -0.2) is 37.3 Å². The van der Waals surface area contributed by atoms with Crippen molar-refractivity contribution in [3.63, 3.8) is 0 Å². The van der Waals surface area contributed by atoms with Gasteiger partial charge in [-0.2, -0.15) is 0 Å². The standard InChI is InChI=1S/C5H7N3O3/c9-4(5(10)11)3-8-2-1-6-7-8/h1-2,4,9H,3H2,(H,10,11). The van der Waals surface area contributed by atoms with E-state index in [4.69, 9.17) is 10.2 Å². The average molecular weight is 157 g/mol. The van der Waals surface area contributed by atoms with E-state index in [-0.39, 0.29) is 6.54 Å². The van der Waals surface area contributed by atoms with Gasteiger partial charge in [-0.3, -0.25) is 0 Å². The first-order chi connectivity index (χ1) is 5.20. The predicted octanol–water partition coefficient (Wildman–Crippen LogP) is -1.28. The van der Waals surface area contributed by atoms with E-state index in [0.29, 0.717) is 0 Å². The van der Waals surface area contributed by atoms with E-state index in [1.807, 2.05) is 0 Å². The molecule has 0 fully saturated rings. The molecule has 60 valence electrons. The molecule has 2 N–H and O–H groups in total. The summed E-state index contributed by atoms with van der Waals surface area (Å²) in [5.74, 6) is -1.26. The molecule has 1 atom stereocenters. The number of hydrogen-bond donors (Lipinski definition) is 2. The number of aliphatic hydroxyl groups excluding tert-OH is 1. The fourth-order valence-corrected chi connectivity index (χ4v) is 0.585. The van der Waals surface area contributed by atoms with Crippen LogP contribution in [0, 0.1) is 0 Å². The van der Waals surface area contributed by atoms with Gasteiger partial charge in [0.05, 0.1) is 12.7 Å². The lowest BCUT2D eigenvalue weighted by atomic mass is 10.4. The molecule has 0 aliphatic rings. The fourth-order valence-electron chi connectivity index (χ4n) is 0.585. The number of aliphatic hydroxyl groups is 1. The van der Waals surface area contributed by atoms with Crippen LogP contribution in [0.3, 0.4) is 0 Å². The van der Waals surface area contributed by atoms with Crippen LogP contribution in [0.1, 0.15) is 0 Å². The first-order valence-electron chi connectivity index (χ1n) is 2.95. The van der Waals surface area contributed by atoms with Crippen molar-refractivity contribution in [2.75, 3.05) is 0 Å². The molecule has 0 amide bonds. The summed E-state index contributed by atoms with van der Waals surface area (Å²) in [6.07, 6.45) is 1.47. The zero-order valence-corrected chi connectivity index (χ0v) is 5.58. The van der Waals surface area contributed by atoms with Gasteiger partial charge in [-0.15, -0.1) is 5.10 Å². The number of carboxylic acids is 1. The number of carbonyl (C=O) groups is 1. The van der Waals surface area contributed by atoms with E-state index < -0.39 is 12.1 Å². The third kappa shape index (κ3) is 2.01. The summed E-state index contributed by atoms with van der Waals surface area (Å²) in [5.41, 5.74) is 0. The van der Waals surface area contributed by atoms with Gasteiger partial charge >= 0.3 is 5.97 Å². The van der Waals surface area contributed by atoms with Crippen LogP contribution in [0.15, 0.2) is 12.4 Å². The molecule has 1 unspecified atom stereocenters. The second kappa shape index (κ2) is 3.11. The number of carboxylic acid groups (broad SMARTS) is 1. The molecule has 0 aromatic carbocycles. The Balaban J connectivity index is 2.50. The summed E-state index contributed by atoms with van der Waals surface area (Å²) in [7, 11) is 0. The summed E-state index contributed by atoms with van der Waals surface area (Å²) in [6.45, 7) is -0.0741. The maximum absolute atomic E-state index is 10.1. The normalized spacial score (nSPS) is 12.8. The van der Waals surface area contributed by atoms with E-state index in [2.05, 4.69) is 10.3 Å². The van der Waals surface area contributed by atoms with Gasteiger partial charge in [-0.1, -0.05) is 5.21 Å². The average Bonchev–Trinajstić information content (AvgIpc) is 2.39. The maximum atomic E-state index is 10.1. The Morgan fingerprint density at radius 3 is 2.91 bits per heavy atom. The quantitative estimate of drug-likeness (QED) is 0.570. The van der Waals surface area contributed by atoms with Crippen molar-refractivity contribution in [1.29, 1.82) is 0 Å². The molecule has 0 aliphatic carbocycles. The molecule has 6 heteroatoms. The summed E-state index contributed by atoms with van der Waals surface area (Å²) in [4.78, 5) is 10.1. The van der Waals surface area contributed by atoms with Crippen LogP contribution >= 0.6 is 0 Å². The first-order valence-corrected chi connectivity index (χ1v) is 2.95. The molecule has 1 aromatic heterocycles. The first kappa shape index (κ1) is 7.67. The second-order valence-corrected chi connectivity index (χ2v) is 1.98. The van der Waals surface area contributed by atoms with Crippen molar-refractivity contribution in [3.05, 3.63) is 12.4 Å².